The van der Waals surface area contributed by atoms with Crippen LogP contribution in [0.4, 0.5) is 5.82 Å². The van der Waals surface area contributed by atoms with Gasteiger partial charge >= 0.3 is 11.9 Å². The second-order valence-electron chi connectivity index (χ2n) is 5.88. The number of nitrogens with one attached hydrogen (secondary N) is 2. The molecule has 0 unspecified atom stereocenters. The number of aliphatic carboxylic acids is 2. The standard InChI is InChI=1S/C16H21N3O4/c1-8(2)13(16(22)23)19-14-10(7-11(17)15(20)21)9-5-3-4-6-12(9)18-14/h3-6,8,11,13,18-19H,7,17H2,1-2H3,(H,20,21)(H,22,23)/t11-,13-/m0/s1. The van der Waals surface area contributed by atoms with E-state index in [1.165, 1.54) is 0 Å². The molecule has 1 aromatic heterocycles. The lowest BCUT2D eigenvalue weighted by Crippen LogP contribution is -2.36. The van der Waals surface area contributed by atoms with E-state index in [2.05, 4.69) is 10.3 Å². The predicted molar refractivity (Wildman–Crippen MR) is 87.5 cm³/mol. The number of para-hydroxylation sites is 1. The molecule has 0 aliphatic heterocycles. The highest BCUT2D eigenvalue weighted by atomic mass is 16.4. The zero-order valence-electron chi connectivity index (χ0n) is 13.0. The molecule has 23 heavy (non-hydrogen) atoms. The van der Waals surface area contributed by atoms with E-state index in [1.807, 2.05) is 24.3 Å². The molecule has 0 amide bonds. The normalized spacial score (nSPS) is 13.9. The number of nitrogens with two attached hydrogens (primary N) is 1. The molecule has 0 spiro atoms. The Kier molecular flexibility index (Phi) is 4.90. The van der Waals surface area contributed by atoms with Gasteiger partial charge in [-0.1, -0.05) is 32.0 Å². The summed E-state index contributed by atoms with van der Waals surface area (Å²) in [6, 6.07) is 5.54. The van der Waals surface area contributed by atoms with Crippen LogP contribution < -0.4 is 11.1 Å². The molecule has 2 rings (SSSR count). The van der Waals surface area contributed by atoms with E-state index >= 15 is 0 Å². The molecule has 124 valence electrons. The van der Waals surface area contributed by atoms with Crippen molar-refractivity contribution in [2.45, 2.75) is 32.4 Å². The third-order valence-electron chi connectivity index (χ3n) is 3.79. The van der Waals surface area contributed by atoms with Crippen LogP contribution in [-0.4, -0.2) is 39.2 Å². The summed E-state index contributed by atoms with van der Waals surface area (Å²) in [5.74, 6) is -1.70. The van der Waals surface area contributed by atoms with Gasteiger partial charge in [-0.2, -0.15) is 0 Å². The second kappa shape index (κ2) is 6.70. The molecule has 0 saturated carbocycles. The number of aromatic nitrogens is 1. The lowest BCUT2D eigenvalue weighted by atomic mass is 10.0. The summed E-state index contributed by atoms with van der Waals surface area (Å²) in [4.78, 5) is 25.6. The first-order valence-corrected chi connectivity index (χ1v) is 7.38. The monoisotopic (exact) mass is 319 g/mol. The Morgan fingerprint density at radius 2 is 1.87 bits per heavy atom. The van der Waals surface area contributed by atoms with Crippen LogP contribution in [0.3, 0.4) is 0 Å². The number of carboxylic acid groups (broad SMARTS) is 2. The quantitative estimate of drug-likeness (QED) is 0.528. The van der Waals surface area contributed by atoms with Crippen LogP contribution in [0.2, 0.25) is 0 Å². The van der Waals surface area contributed by atoms with E-state index in [9.17, 15) is 14.7 Å². The van der Waals surface area contributed by atoms with Crippen LogP contribution >= 0.6 is 0 Å². The van der Waals surface area contributed by atoms with Gasteiger partial charge in [-0.3, -0.25) is 4.79 Å². The molecule has 1 aromatic carbocycles. The number of anilines is 1. The van der Waals surface area contributed by atoms with Gasteiger partial charge in [0.15, 0.2) is 0 Å². The van der Waals surface area contributed by atoms with Gasteiger partial charge in [-0.05, 0) is 12.0 Å². The number of aromatic amines is 1. The van der Waals surface area contributed by atoms with Crippen molar-refractivity contribution in [2.24, 2.45) is 11.7 Å². The Morgan fingerprint density at radius 3 is 2.43 bits per heavy atom. The van der Waals surface area contributed by atoms with Crippen LogP contribution in [0.15, 0.2) is 24.3 Å². The SMILES string of the molecule is CC(C)[C@H](Nc1[nH]c2ccccc2c1C[C@H](N)C(=O)O)C(=O)O. The molecular formula is C16H21N3O4. The summed E-state index contributed by atoms with van der Waals surface area (Å²) < 4.78 is 0. The topological polar surface area (TPSA) is 128 Å². The molecule has 0 aliphatic carbocycles. The van der Waals surface area contributed by atoms with Gasteiger partial charge < -0.3 is 26.2 Å². The Bertz CT molecular complexity index is 723. The molecule has 6 N–H and O–H groups in total. The van der Waals surface area contributed by atoms with Crippen molar-refractivity contribution in [3.05, 3.63) is 29.8 Å². The lowest BCUT2D eigenvalue weighted by molar-refractivity contribution is -0.139. The van der Waals surface area contributed by atoms with Crippen LogP contribution in [0.5, 0.6) is 0 Å². The second-order valence-corrected chi connectivity index (χ2v) is 5.88. The molecule has 2 atom stereocenters. The maximum Gasteiger partial charge on any atom is 0.326 e. The van der Waals surface area contributed by atoms with E-state index in [1.54, 1.807) is 13.8 Å². The number of hydrogen-bond donors (Lipinski definition) is 5. The van der Waals surface area contributed by atoms with Gasteiger partial charge in [0.25, 0.3) is 0 Å². The molecule has 0 radical (unpaired) electrons. The molecule has 0 aliphatic rings. The highest BCUT2D eigenvalue weighted by Gasteiger charge is 2.25. The Labute approximate surface area is 133 Å². The molecule has 7 heteroatoms. The minimum atomic E-state index is -1.10. The third kappa shape index (κ3) is 3.62. The number of fused-ring (bicyclic) bond motifs is 1. The zero-order chi connectivity index (χ0) is 17.1. The van der Waals surface area contributed by atoms with E-state index in [-0.39, 0.29) is 12.3 Å². The third-order valence-corrected chi connectivity index (χ3v) is 3.79. The number of carboxylic acids is 2. The van der Waals surface area contributed by atoms with Crippen molar-refractivity contribution in [2.75, 3.05) is 5.32 Å². The van der Waals surface area contributed by atoms with E-state index in [4.69, 9.17) is 10.8 Å². The van der Waals surface area contributed by atoms with Crippen molar-refractivity contribution < 1.29 is 19.8 Å². The van der Waals surface area contributed by atoms with Gasteiger partial charge in [-0.15, -0.1) is 0 Å². The first-order chi connectivity index (χ1) is 10.8. The van der Waals surface area contributed by atoms with E-state index in [0.717, 1.165) is 10.9 Å². The average molecular weight is 319 g/mol. The summed E-state index contributed by atoms with van der Waals surface area (Å²) in [6.07, 6.45) is 0.103. The summed E-state index contributed by atoms with van der Waals surface area (Å²) in [5.41, 5.74) is 7.14. The van der Waals surface area contributed by atoms with Gasteiger partial charge in [-0.25, -0.2) is 4.79 Å². The average Bonchev–Trinajstić information content (AvgIpc) is 2.82. The fourth-order valence-corrected chi connectivity index (χ4v) is 2.51. The number of carbonyl (C=O) groups is 2. The first-order valence-electron chi connectivity index (χ1n) is 7.38. The maximum atomic E-state index is 11.4. The molecule has 7 nitrogen and oxygen atoms in total. The maximum absolute atomic E-state index is 11.4. The molecule has 0 fully saturated rings. The smallest absolute Gasteiger partial charge is 0.326 e. The Morgan fingerprint density at radius 1 is 1.22 bits per heavy atom. The first kappa shape index (κ1) is 16.8. The zero-order valence-corrected chi connectivity index (χ0v) is 13.0. The van der Waals surface area contributed by atoms with Crippen molar-refractivity contribution in [3.63, 3.8) is 0 Å². The molecule has 0 saturated heterocycles. The fraction of sp³-hybridized carbons (Fsp3) is 0.375. The Hall–Kier alpha value is -2.54. The summed E-state index contributed by atoms with van der Waals surface area (Å²) in [7, 11) is 0. The molecule has 2 aromatic rings. The molecule has 1 heterocycles. The van der Waals surface area contributed by atoms with Gasteiger partial charge in [0.05, 0.1) is 0 Å². The van der Waals surface area contributed by atoms with Crippen LogP contribution in [0.25, 0.3) is 10.9 Å². The molecular weight excluding hydrogens is 298 g/mol. The van der Waals surface area contributed by atoms with Gasteiger partial charge in [0, 0.05) is 22.9 Å². The number of H-pyrrole nitrogens is 1. The van der Waals surface area contributed by atoms with Crippen molar-refractivity contribution in [1.82, 2.24) is 4.98 Å². The van der Waals surface area contributed by atoms with E-state index < -0.39 is 24.0 Å². The highest BCUT2D eigenvalue weighted by molar-refractivity contribution is 5.91. The minimum absolute atomic E-state index is 0.103. The number of rotatable bonds is 7. The van der Waals surface area contributed by atoms with Crippen LogP contribution in [0, 0.1) is 5.92 Å². The largest absolute Gasteiger partial charge is 0.480 e. The van der Waals surface area contributed by atoms with Gasteiger partial charge in [0.2, 0.25) is 0 Å². The van der Waals surface area contributed by atoms with Crippen molar-refractivity contribution >= 4 is 28.7 Å². The summed E-state index contributed by atoms with van der Waals surface area (Å²) in [5, 5.41) is 22.2. The lowest BCUT2D eigenvalue weighted by Gasteiger charge is -2.19. The summed E-state index contributed by atoms with van der Waals surface area (Å²) in [6.45, 7) is 3.61. The van der Waals surface area contributed by atoms with Crippen LogP contribution in [-0.2, 0) is 16.0 Å². The Balaban J connectivity index is 2.45. The van der Waals surface area contributed by atoms with Gasteiger partial charge in [0.1, 0.15) is 17.9 Å². The predicted octanol–water partition coefficient (Wildman–Crippen LogP) is 1.64. The van der Waals surface area contributed by atoms with E-state index in [0.29, 0.717) is 11.4 Å². The minimum Gasteiger partial charge on any atom is -0.480 e. The number of hydrogen-bond acceptors (Lipinski definition) is 4. The highest BCUT2D eigenvalue weighted by Crippen LogP contribution is 2.28. The van der Waals surface area contributed by atoms with Crippen molar-refractivity contribution in [1.29, 1.82) is 0 Å². The fourth-order valence-electron chi connectivity index (χ4n) is 2.51. The number of benzene rings is 1. The molecule has 0 bridgehead atoms. The van der Waals surface area contributed by atoms with Crippen molar-refractivity contribution in [3.8, 4) is 0 Å². The van der Waals surface area contributed by atoms with Crippen LogP contribution in [0.1, 0.15) is 19.4 Å². The summed E-state index contributed by atoms with van der Waals surface area (Å²) >= 11 is 0.